The molecule has 0 bridgehead atoms. The summed E-state index contributed by atoms with van der Waals surface area (Å²) in [7, 11) is 1.61. The fourth-order valence-corrected chi connectivity index (χ4v) is 5.00. The maximum Gasteiger partial charge on any atom is 0.347 e. The van der Waals surface area contributed by atoms with Crippen LogP contribution in [-0.4, -0.2) is 46.6 Å². The van der Waals surface area contributed by atoms with Gasteiger partial charge in [-0.15, -0.1) is 0 Å². The van der Waals surface area contributed by atoms with Gasteiger partial charge in [-0.25, -0.2) is 9.78 Å². The van der Waals surface area contributed by atoms with Crippen LogP contribution in [-0.2, 0) is 9.53 Å². The Morgan fingerprint density at radius 1 is 1.19 bits per heavy atom. The number of hydrogen-bond donors (Lipinski definition) is 0. The first-order valence-electron chi connectivity index (χ1n) is 13.5. The zero-order valence-electron chi connectivity index (χ0n) is 24.6. The predicted molar refractivity (Wildman–Crippen MR) is 167 cm³/mol. The fraction of sp³-hybridized carbons (Fsp3) is 0.290. The number of rotatable bonds is 10. The average molecular weight is 652 g/mol. The lowest BCUT2D eigenvalue weighted by molar-refractivity contribution is -0.386. The van der Waals surface area contributed by atoms with Crippen molar-refractivity contribution >= 4 is 44.7 Å². The van der Waals surface area contributed by atoms with E-state index in [2.05, 4.69) is 21.0 Å². The number of carbonyl (C=O) groups is 1. The minimum absolute atomic E-state index is 0.113. The minimum Gasteiger partial charge on any atom is -0.496 e. The van der Waals surface area contributed by atoms with Crippen molar-refractivity contribution in [1.82, 2.24) is 9.66 Å². The molecule has 12 heteroatoms. The molecule has 0 saturated heterocycles. The summed E-state index contributed by atoms with van der Waals surface area (Å²) < 4.78 is 17.9. The topological polar surface area (TPSA) is 135 Å². The van der Waals surface area contributed by atoms with Crippen LogP contribution >= 0.6 is 15.9 Å². The Kier molecular flexibility index (Phi) is 9.59. The molecule has 4 rings (SSSR count). The van der Waals surface area contributed by atoms with Crippen molar-refractivity contribution in [1.29, 1.82) is 0 Å². The van der Waals surface area contributed by atoms with Gasteiger partial charge in [0.1, 0.15) is 5.75 Å². The third-order valence-corrected chi connectivity index (χ3v) is 7.14. The highest BCUT2D eigenvalue weighted by molar-refractivity contribution is 9.10. The largest absolute Gasteiger partial charge is 0.496 e. The quantitative estimate of drug-likeness (QED) is 0.0834. The Morgan fingerprint density at radius 3 is 2.56 bits per heavy atom. The van der Waals surface area contributed by atoms with E-state index in [-0.39, 0.29) is 29.7 Å². The first kappa shape index (κ1) is 31.4. The van der Waals surface area contributed by atoms with Crippen molar-refractivity contribution in [3.05, 3.63) is 90.2 Å². The molecule has 1 aromatic heterocycles. The highest BCUT2D eigenvalue weighted by atomic mass is 79.9. The summed E-state index contributed by atoms with van der Waals surface area (Å²) in [5.74, 6) is 0.211. The number of para-hydroxylation sites is 1. The molecule has 0 aliphatic rings. The van der Waals surface area contributed by atoms with E-state index in [4.69, 9.17) is 19.2 Å². The van der Waals surface area contributed by atoms with Crippen molar-refractivity contribution < 1.29 is 23.9 Å². The van der Waals surface area contributed by atoms with Crippen LogP contribution in [0.5, 0.6) is 11.5 Å². The third kappa shape index (κ3) is 6.59. The number of aromatic nitrogens is 2. The second-order valence-corrected chi connectivity index (χ2v) is 10.9. The molecule has 224 valence electrons. The van der Waals surface area contributed by atoms with Gasteiger partial charge in [0.15, 0.2) is 11.9 Å². The van der Waals surface area contributed by atoms with Crippen LogP contribution < -0.4 is 15.0 Å². The molecular formula is C31H31BrN4O7. The molecular weight excluding hydrogens is 620 g/mol. The van der Waals surface area contributed by atoms with Crippen LogP contribution in [0.1, 0.15) is 50.3 Å². The molecule has 3 aromatic carbocycles. The standard InChI is InChI=1S/C31H31BrN4O7/c1-7-42-31(38)19(5)43-28-20(13-21(32)14-26(28)36(39)40)16-33-35-29(34-25-11-9-8-10-22(25)30(35)37)24-15-23(17(2)3)27(41-6)12-18(24)4/h8-17,19H,7H2,1-6H3/t19-/m1/s1. The number of fused-ring (bicyclic) bond motifs is 1. The third-order valence-electron chi connectivity index (χ3n) is 6.68. The molecule has 0 saturated carbocycles. The second kappa shape index (κ2) is 13.2. The zero-order chi connectivity index (χ0) is 31.4. The number of aryl methyl sites for hydroxylation is 1. The van der Waals surface area contributed by atoms with Crippen LogP contribution in [0.15, 0.2) is 62.9 Å². The first-order valence-corrected chi connectivity index (χ1v) is 14.3. The number of nitro benzene ring substituents is 1. The summed E-state index contributed by atoms with van der Waals surface area (Å²) >= 11 is 3.30. The minimum atomic E-state index is -1.15. The number of halogens is 1. The maximum atomic E-state index is 13.8. The SMILES string of the molecule is CCOC(=O)[C@@H](C)Oc1c(C=Nn2c(-c3cc(C(C)C)c(OC)cc3C)nc3ccccc3c2=O)cc(Br)cc1[N+](=O)[O-]. The molecule has 0 spiro atoms. The Balaban J connectivity index is 1.97. The van der Waals surface area contributed by atoms with Crippen molar-refractivity contribution in [2.45, 2.75) is 46.6 Å². The van der Waals surface area contributed by atoms with E-state index >= 15 is 0 Å². The van der Waals surface area contributed by atoms with Gasteiger partial charge in [-0.05, 0) is 68.1 Å². The van der Waals surface area contributed by atoms with Gasteiger partial charge in [-0.2, -0.15) is 9.78 Å². The first-order chi connectivity index (χ1) is 20.5. The van der Waals surface area contributed by atoms with Gasteiger partial charge in [0, 0.05) is 21.7 Å². The lowest BCUT2D eigenvalue weighted by Gasteiger charge is -2.18. The number of nitro groups is 1. The smallest absolute Gasteiger partial charge is 0.347 e. The van der Waals surface area contributed by atoms with Crippen LogP contribution in [0.4, 0.5) is 5.69 Å². The summed E-state index contributed by atoms with van der Waals surface area (Å²) in [6, 6.07) is 13.5. The van der Waals surface area contributed by atoms with Crippen LogP contribution in [0.3, 0.4) is 0 Å². The Hall–Kier alpha value is -4.58. The highest BCUT2D eigenvalue weighted by Crippen LogP contribution is 2.36. The lowest BCUT2D eigenvalue weighted by Crippen LogP contribution is -2.27. The van der Waals surface area contributed by atoms with Gasteiger partial charge in [-0.1, -0.05) is 41.9 Å². The summed E-state index contributed by atoms with van der Waals surface area (Å²) in [6.45, 7) is 9.15. The van der Waals surface area contributed by atoms with Crippen molar-refractivity contribution in [3.8, 4) is 22.9 Å². The molecule has 43 heavy (non-hydrogen) atoms. The monoisotopic (exact) mass is 650 g/mol. The molecule has 0 fully saturated rings. The Labute approximate surface area is 256 Å². The molecule has 1 atom stereocenters. The Morgan fingerprint density at radius 2 is 1.91 bits per heavy atom. The molecule has 0 radical (unpaired) electrons. The van der Waals surface area contributed by atoms with E-state index in [1.807, 2.05) is 32.9 Å². The van der Waals surface area contributed by atoms with Crippen molar-refractivity contribution in [2.24, 2.45) is 5.10 Å². The predicted octanol–water partition coefficient (Wildman–Crippen LogP) is 6.39. The van der Waals surface area contributed by atoms with Gasteiger partial charge in [0.25, 0.3) is 5.56 Å². The number of benzene rings is 3. The molecule has 0 aliphatic carbocycles. The second-order valence-electron chi connectivity index (χ2n) is 9.99. The summed E-state index contributed by atoms with van der Waals surface area (Å²) in [5.41, 5.74) is 2.19. The molecule has 1 heterocycles. The number of ether oxygens (including phenoxy) is 3. The Bertz CT molecular complexity index is 1800. The summed E-state index contributed by atoms with van der Waals surface area (Å²) in [6.07, 6.45) is 0.123. The average Bonchev–Trinajstić information content (AvgIpc) is 2.97. The lowest BCUT2D eigenvalue weighted by atomic mass is 9.96. The summed E-state index contributed by atoms with van der Waals surface area (Å²) in [5, 5.41) is 16.8. The molecule has 0 unspecified atom stereocenters. The molecule has 0 amide bonds. The zero-order valence-corrected chi connectivity index (χ0v) is 26.2. The number of methoxy groups -OCH3 is 1. The van der Waals surface area contributed by atoms with E-state index in [1.54, 1.807) is 44.4 Å². The fourth-order valence-electron chi connectivity index (χ4n) is 4.54. The van der Waals surface area contributed by atoms with E-state index in [9.17, 15) is 19.7 Å². The highest BCUT2D eigenvalue weighted by Gasteiger charge is 2.26. The van der Waals surface area contributed by atoms with E-state index in [1.165, 1.54) is 19.2 Å². The van der Waals surface area contributed by atoms with Gasteiger partial charge >= 0.3 is 11.7 Å². The molecule has 4 aromatic rings. The van der Waals surface area contributed by atoms with E-state index in [0.29, 0.717) is 26.7 Å². The van der Waals surface area contributed by atoms with Gasteiger partial charge in [-0.3, -0.25) is 14.9 Å². The number of carbonyl (C=O) groups excluding carboxylic acids is 1. The van der Waals surface area contributed by atoms with Crippen LogP contribution in [0.25, 0.3) is 22.3 Å². The van der Waals surface area contributed by atoms with Crippen molar-refractivity contribution in [3.63, 3.8) is 0 Å². The molecule has 11 nitrogen and oxygen atoms in total. The number of esters is 1. The van der Waals surface area contributed by atoms with Crippen molar-refractivity contribution in [2.75, 3.05) is 13.7 Å². The van der Waals surface area contributed by atoms with Gasteiger partial charge < -0.3 is 14.2 Å². The number of hydrogen-bond acceptors (Lipinski definition) is 9. The number of nitrogens with zero attached hydrogens (tertiary/aromatic N) is 4. The van der Waals surface area contributed by atoms with Gasteiger partial charge in [0.05, 0.1) is 35.8 Å². The van der Waals surface area contributed by atoms with Crippen LogP contribution in [0.2, 0.25) is 0 Å². The van der Waals surface area contributed by atoms with E-state index < -0.39 is 28.2 Å². The normalized spacial score (nSPS) is 12.1. The molecule has 0 aliphatic heterocycles. The molecule has 0 N–H and O–H groups in total. The van der Waals surface area contributed by atoms with E-state index in [0.717, 1.165) is 15.8 Å². The maximum absolute atomic E-state index is 13.8. The van der Waals surface area contributed by atoms with Gasteiger partial charge in [0.2, 0.25) is 5.75 Å². The van der Waals surface area contributed by atoms with Crippen LogP contribution in [0, 0.1) is 17.0 Å². The summed E-state index contributed by atoms with van der Waals surface area (Å²) in [4.78, 5) is 42.3.